The molecule has 0 aliphatic heterocycles. The molecule has 13 heteroatoms. The second-order valence-corrected chi connectivity index (χ2v) is 9.19. The van der Waals surface area contributed by atoms with E-state index in [0.717, 1.165) is 6.07 Å². The predicted octanol–water partition coefficient (Wildman–Crippen LogP) is 4.18. The molecule has 10 nitrogen and oxygen atoms in total. The number of halogens is 1. The van der Waals surface area contributed by atoms with E-state index in [-0.39, 0.29) is 20.6 Å². The van der Waals surface area contributed by atoms with E-state index in [1.54, 1.807) is 24.3 Å². The van der Waals surface area contributed by atoms with Crippen molar-refractivity contribution in [3.8, 4) is 5.75 Å². The molecule has 3 rings (SSSR count). The van der Waals surface area contributed by atoms with Crippen LogP contribution in [0.3, 0.4) is 0 Å². The summed E-state index contributed by atoms with van der Waals surface area (Å²) in [5.74, 6) is -0.0872. The van der Waals surface area contributed by atoms with Crippen molar-refractivity contribution in [2.45, 2.75) is 4.90 Å². The van der Waals surface area contributed by atoms with Gasteiger partial charge in [0.15, 0.2) is 5.11 Å². The molecule has 3 aromatic rings. The van der Waals surface area contributed by atoms with Crippen LogP contribution in [0.5, 0.6) is 5.75 Å². The van der Waals surface area contributed by atoms with Crippen molar-refractivity contribution in [3.05, 3.63) is 87.4 Å². The number of rotatable bonds is 7. The molecule has 0 aliphatic rings. The molecule has 0 fully saturated rings. The maximum atomic E-state index is 12.6. The fourth-order valence-corrected chi connectivity index (χ4v) is 4.18. The van der Waals surface area contributed by atoms with Gasteiger partial charge in [0.1, 0.15) is 10.8 Å². The zero-order chi connectivity index (χ0) is 24.9. The SMILES string of the molecule is COc1ccc(NS(=O)(=O)c2ccc(NC(=S)NC(=O)c3ccc(Cl)c([N+](=O)[O-])c3)cc2)cc1. The number of hydrogen-bond acceptors (Lipinski definition) is 7. The molecule has 0 bridgehead atoms. The van der Waals surface area contributed by atoms with Crippen LogP contribution in [0.15, 0.2) is 71.6 Å². The summed E-state index contributed by atoms with van der Waals surface area (Å²) in [5.41, 5.74) is 0.365. The molecular weight excluding hydrogens is 504 g/mol. The molecule has 0 atom stereocenters. The Morgan fingerprint density at radius 1 is 1.03 bits per heavy atom. The lowest BCUT2D eigenvalue weighted by molar-refractivity contribution is -0.384. The predicted molar refractivity (Wildman–Crippen MR) is 132 cm³/mol. The van der Waals surface area contributed by atoms with Crippen molar-refractivity contribution in [2.75, 3.05) is 17.1 Å². The Labute approximate surface area is 205 Å². The van der Waals surface area contributed by atoms with Crippen LogP contribution in [-0.2, 0) is 10.0 Å². The Morgan fingerprint density at radius 2 is 1.65 bits per heavy atom. The Morgan fingerprint density at radius 3 is 2.24 bits per heavy atom. The lowest BCUT2D eigenvalue weighted by Crippen LogP contribution is -2.34. The highest BCUT2D eigenvalue weighted by molar-refractivity contribution is 7.92. The van der Waals surface area contributed by atoms with Gasteiger partial charge in [-0.25, -0.2) is 8.42 Å². The number of carbonyl (C=O) groups excluding carboxylic acids is 1. The minimum absolute atomic E-state index is 0.00806. The van der Waals surface area contributed by atoms with E-state index in [1.807, 2.05) is 0 Å². The molecule has 0 aliphatic carbocycles. The molecular formula is C21H17ClN4O6S2. The third kappa shape index (κ3) is 6.19. The number of nitrogens with zero attached hydrogens (tertiary/aromatic N) is 1. The fraction of sp³-hybridized carbons (Fsp3) is 0.0476. The molecule has 3 N–H and O–H groups in total. The van der Waals surface area contributed by atoms with Crippen LogP contribution in [0.25, 0.3) is 0 Å². The molecule has 176 valence electrons. The average Bonchev–Trinajstić information content (AvgIpc) is 2.79. The zero-order valence-electron chi connectivity index (χ0n) is 17.4. The summed E-state index contributed by atoms with van der Waals surface area (Å²) in [6.45, 7) is 0. The van der Waals surface area contributed by atoms with Crippen LogP contribution < -0.4 is 20.1 Å². The maximum Gasteiger partial charge on any atom is 0.288 e. The fourth-order valence-electron chi connectivity index (χ4n) is 2.72. The topological polar surface area (TPSA) is 140 Å². The number of nitrogens with one attached hydrogen (secondary N) is 3. The van der Waals surface area contributed by atoms with Gasteiger partial charge in [0, 0.05) is 23.0 Å². The van der Waals surface area contributed by atoms with Gasteiger partial charge in [-0.05, 0) is 72.9 Å². The van der Waals surface area contributed by atoms with Gasteiger partial charge < -0.3 is 10.1 Å². The minimum atomic E-state index is -3.83. The number of anilines is 2. The number of sulfonamides is 1. The first-order valence-corrected chi connectivity index (χ1v) is 11.7. The molecule has 3 aromatic carbocycles. The number of methoxy groups -OCH3 is 1. The van der Waals surface area contributed by atoms with Gasteiger partial charge in [-0.2, -0.15) is 0 Å². The van der Waals surface area contributed by atoms with Gasteiger partial charge in [-0.15, -0.1) is 0 Å². The number of amides is 1. The molecule has 0 spiro atoms. The summed E-state index contributed by atoms with van der Waals surface area (Å²) in [5, 5.41) is 15.9. The second-order valence-electron chi connectivity index (χ2n) is 6.69. The number of benzene rings is 3. The number of nitro benzene ring substituents is 1. The number of thiocarbonyl (C=S) groups is 1. The molecule has 34 heavy (non-hydrogen) atoms. The maximum absolute atomic E-state index is 12.6. The van der Waals surface area contributed by atoms with Crippen LogP contribution in [-0.4, -0.2) is 31.5 Å². The highest BCUT2D eigenvalue weighted by Gasteiger charge is 2.18. The Balaban J connectivity index is 1.63. The highest BCUT2D eigenvalue weighted by atomic mass is 35.5. The van der Waals surface area contributed by atoms with E-state index < -0.39 is 26.5 Å². The third-order valence-corrected chi connectivity index (χ3v) is 6.32. The van der Waals surface area contributed by atoms with Gasteiger partial charge in [0.05, 0.1) is 16.9 Å². The van der Waals surface area contributed by atoms with Crippen molar-refractivity contribution < 1.29 is 22.9 Å². The third-order valence-electron chi connectivity index (χ3n) is 4.40. The zero-order valence-corrected chi connectivity index (χ0v) is 19.8. The van der Waals surface area contributed by atoms with Crippen LogP contribution in [0.4, 0.5) is 17.1 Å². The van der Waals surface area contributed by atoms with Crippen LogP contribution in [0.1, 0.15) is 10.4 Å². The molecule has 0 saturated carbocycles. The summed E-state index contributed by atoms with van der Waals surface area (Å²) in [6, 6.07) is 15.7. The average molecular weight is 521 g/mol. The summed E-state index contributed by atoms with van der Waals surface area (Å²) in [4.78, 5) is 22.6. The Bertz CT molecular complexity index is 1350. The molecule has 0 saturated heterocycles. The molecule has 0 radical (unpaired) electrons. The Kier molecular flexibility index (Phi) is 7.66. The van der Waals surface area contributed by atoms with Crippen molar-refractivity contribution in [1.29, 1.82) is 0 Å². The number of ether oxygens (including phenoxy) is 1. The highest BCUT2D eigenvalue weighted by Crippen LogP contribution is 2.25. The summed E-state index contributed by atoms with van der Waals surface area (Å²) >= 11 is 10.8. The number of hydrogen-bond donors (Lipinski definition) is 3. The summed E-state index contributed by atoms with van der Waals surface area (Å²) in [6.07, 6.45) is 0. The first-order valence-electron chi connectivity index (χ1n) is 9.42. The monoisotopic (exact) mass is 520 g/mol. The van der Waals surface area contributed by atoms with E-state index in [0.29, 0.717) is 17.1 Å². The lowest BCUT2D eigenvalue weighted by Gasteiger charge is -2.11. The van der Waals surface area contributed by atoms with Gasteiger partial charge in [0.25, 0.3) is 21.6 Å². The first kappa shape index (κ1) is 24.9. The first-order chi connectivity index (χ1) is 16.1. The summed E-state index contributed by atoms with van der Waals surface area (Å²) < 4.78 is 32.7. The normalized spacial score (nSPS) is 10.8. The molecule has 0 heterocycles. The van der Waals surface area contributed by atoms with Crippen LogP contribution >= 0.6 is 23.8 Å². The standard InChI is InChI=1S/C21H17ClN4O6S2/c1-32-16-7-3-15(4-8-16)25-34(30,31)17-9-5-14(6-10-17)23-21(33)24-20(27)13-2-11-18(22)19(12-13)26(28)29/h2-12,25H,1H3,(H2,23,24,27,33). The number of carbonyl (C=O) groups is 1. The van der Waals surface area contributed by atoms with Crippen molar-refractivity contribution >= 4 is 61.9 Å². The quantitative estimate of drug-likeness (QED) is 0.239. The smallest absolute Gasteiger partial charge is 0.288 e. The van der Waals surface area contributed by atoms with Crippen molar-refractivity contribution in [1.82, 2.24) is 5.32 Å². The van der Waals surface area contributed by atoms with E-state index in [1.165, 1.54) is 43.5 Å². The van der Waals surface area contributed by atoms with E-state index in [4.69, 9.17) is 28.6 Å². The largest absolute Gasteiger partial charge is 0.497 e. The minimum Gasteiger partial charge on any atom is -0.497 e. The number of nitro groups is 1. The Hall–Kier alpha value is -3.74. The van der Waals surface area contributed by atoms with Crippen LogP contribution in [0, 0.1) is 10.1 Å². The van der Waals surface area contributed by atoms with Crippen molar-refractivity contribution in [3.63, 3.8) is 0 Å². The lowest BCUT2D eigenvalue weighted by atomic mass is 10.2. The van der Waals surface area contributed by atoms with Gasteiger partial charge in [-0.1, -0.05) is 11.6 Å². The van der Waals surface area contributed by atoms with E-state index >= 15 is 0 Å². The van der Waals surface area contributed by atoms with E-state index in [9.17, 15) is 23.3 Å². The van der Waals surface area contributed by atoms with Crippen LogP contribution in [0.2, 0.25) is 5.02 Å². The molecule has 1 amide bonds. The van der Waals surface area contributed by atoms with Gasteiger partial charge in [0.2, 0.25) is 0 Å². The second kappa shape index (κ2) is 10.5. The molecule has 0 aromatic heterocycles. The summed E-state index contributed by atoms with van der Waals surface area (Å²) in [7, 11) is -2.33. The van der Waals surface area contributed by atoms with E-state index in [2.05, 4.69) is 15.4 Å². The van der Waals surface area contributed by atoms with Crippen molar-refractivity contribution in [2.24, 2.45) is 0 Å². The van der Waals surface area contributed by atoms with Gasteiger partial charge >= 0.3 is 0 Å². The molecule has 0 unspecified atom stereocenters. The van der Waals surface area contributed by atoms with Gasteiger partial charge in [-0.3, -0.25) is 24.9 Å².